The first-order chi connectivity index (χ1) is 8.50. The number of benzene rings is 1. The monoisotopic (exact) mass is 308 g/mol. The van der Waals surface area contributed by atoms with Crippen molar-refractivity contribution >= 4 is 21.9 Å². The quantitative estimate of drug-likeness (QED) is 0.921. The molecule has 6 heteroatoms. The van der Waals surface area contributed by atoms with Gasteiger partial charge in [-0.3, -0.25) is 4.79 Å². The van der Waals surface area contributed by atoms with Crippen LogP contribution in [0.1, 0.15) is 16.2 Å². The Morgan fingerprint density at radius 1 is 1.39 bits per heavy atom. The van der Waals surface area contributed by atoms with Gasteiger partial charge in [0.2, 0.25) is 11.1 Å². The molecule has 0 spiro atoms. The number of carboxylic acids is 1. The Morgan fingerprint density at radius 2 is 2.06 bits per heavy atom. The van der Waals surface area contributed by atoms with Crippen LogP contribution in [0.3, 0.4) is 0 Å². The van der Waals surface area contributed by atoms with E-state index in [1.54, 1.807) is 19.1 Å². The Hall–Kier alpha value is -1.95. The van der Waals surface area contributed by atoms with E-state index in [2.05, 4.69) is 21.0 Å². The third kappa shape index (κ3) is 2.19. The molecule has 1 N–H and O–H groups in total. The maximum Gasteiger partial charge on any atom is 0.360 e. The lowest BCUT2D eigenvalue weighted by molar-refractivity contribution is 0.0686. The van der Waals surface area contributed by atoms with E-state index in [9.17, 15) is 9.59 Å². The Morgan fingerprint density at radius 3 is 2.67 bits per heavy atom. The number of carboxylic acid groups (broad SMARTS) is 1. The predicted molar refractivity (Wildman–Crippen MR) is 69.2 cm³/mol. The Labute approximate surface area is 111 Å². The molecule has 0 fully saturated rings. The van der Waals surface area contributed by atoms with Crippen LogP contribution in [0.15, 0.2) is 39.6 Å². The average Bonchev–Trinajstić information content (AvgIpc) is 2.30. The molecule has 18 heavy (non-hydrogen) atoms. The SMILES string of the molecule is Cc1cc(=O)c(C(=O)O)nn1-c1ccccc1Br. The van der Waals surface area contributed by atoms with Crippen molar-refractivity contribution in [3.05, 3.63) is 56.4 Å². The predicted octanol–water partition coefficient (Wildman–Crippen LogP) is 2.00. The van der Waals surface area contributed by atoms with Crippen LogP contribution in [0.4, 0.5) is 0 Å². The van der Waals surface area contributed by atoms with Crippen molar-refractivity contribution in [2.24, 2.45) is 0 Å². The molecule has 2 rings (SSSR count). The lowest BCUT2D eigenvalue weighted by Gasteiger charge is -2.11. The summed E-state index contributed by atoms with van der Waals surface area (Å²) in [6, 6.07) is 8.49. The van der Waals surface area contributed by atoms with E-state index in [0.717, 1.165) is 4.47 Å². The zero-order valence-electron chi connectivity index (χ0n) is 9.42. The van der Waals surface area contributed by atoms with Gasteiger partial charge in [-0.2, -0.15) is 5.10 Å². The molecule has 0 saturated carbocycles. The summed E-state index contributed by atoms with van der Waals surface area (Å²) < 4.78 is 2.19. The van der Waals surface area contributed by atoms with E-state index >= 15 is 0 Å². The number of hydrogen-bond acceptors (Lipinski definition) is 3. The molecule has 0 unspecified atom stereocenters. The molecule has 5 nitrogen and oxygen atoms in total. The fraction of sp³-hybridized carbons (Fsp3) is 0.0833. The van der Waals surface area contributed by atoms with E-state index in [4.69, 9.17) is 5.11 Å². The van der Waals surface area contributed by atoms with Crippen molar-refractivity contribution < 1.29 is 9.90 Å². The van der Waals surface area contributed by atoms with Gasteiger partial charge in [0.05, 0.1) is 5.69 Å². The van der Waals surface area contributed by atoms with Gasteiger partial charge >= 0.3 is 5.97 Å². The van der Waals surface area contributed by atoms with Gasteiger partial charge in [0.1, 0.15) is 0 Å². The number of aromatic nitrogens is 2. The fourth-order valence-electron chi connectivity index (χ4n) is 1.56. The molecule has 0 amide bonds. The van der Waals surface area contributed by atoms with Gasteiger partial charge in [-0.05, 0) is 35.0 Å². The number of rotatable bonds is 2. The highest BCUT2D eigenvalue weighted by atomic mass is 79.9. The lowest BCUT2D eigenvalue weighted by atomic mass is 10.3. The van der Waals surface area contributed by atoms with Crippen molar-refractivity contribution in [3.63, 3.8) is 0 Å². The van der Waals surface area contributed by atoms with Crippen LogP contribution >= 0.6 is 15.9 Å². The molecule has 1 aromatic heterocycles. The van der Waals surface area contributed by atoms with E-state index in [0.29, 0.717) is 11.4 Å². The summed E-state index contributed by atoms with van der Waals surface area (Å²) in [5.74, 6) is -1.33. The Balaban J connectivity index is 2.73. The number of hydrogen-bond donors (Lipinski definition) is 1. The minimum atomic E-state index is -1.33. The molecular weight excluding hydrogens is 300 g/mol. The van der Waals surface area contributed by atoms with Crippen LogP contribution in [0.2, 0.25) is 0 Å². The Kier molecular flexibility index (Phi) is 3.29. The number of aromatic carboxylic acids is 1. The van der Waals surface area contributed by atoms with Gasteiger partial charge < -0.3 is 5.11 Å². The molecule has 0 bridgehead atoms. The molecule has 0 radical (unpaired) electrons. The molecule has 92 valence electrons. The lowest BCUT2D eigenvalue weighted by Crippen LogP contribution is -2.22. The molecule has 0 aliphatic heterocycles. The average molecular weight is 309 g/mol. The van der Waals surface area contributed by atoms with Gasteiger partial charge in [-0.1, -0.05) is 12.1 Å². The molecule has 1 aromatic carbocycles. The molecule has 0 saturated heterocycles. The third-order valence-electron chi connectivity index (χ3n) is 2.39. The highest BCUT2D eigenvalue weighted by molar-refractivity contribution is 9.10. The number of halogens is 1. The molecule has 2 aromatic rings. The van der Waals surface area contributed by atoms with E-state index in [1.165, 1.54) is 10.7 Å². The van der Waals surface area contributed by atoms with Gasteiger partial charge in [-0.15, -0.1) is 0 Å². The summed E-state index contributed by atoms with van der Waals surface area (Å²) in [7, 11) is 0. The first-order valence-corrected chi connectivity index (χ1v) is 5.89. The second-order valence-corrected chi connectivity index (χ2v) is 4.52. The van der Waals surface area contributed by atoms with Crippen molar-refractivity contribution in [2.45, 2.75) is 6.92 Å². The maximum atomic E-state index is 11.5. The largest absolute Gasteiger partial charge is 0.476 e. The topological polar surface area (TPSA) is 72.2 Å². The molecule has 0 aliphatic carbocycles. The van der Waals surface area contributed by atoms with Crippen LogP contribution in [-0.2, 0) is 0 Å². The summed E-state index contributed by atoms with van der Waals surface area (Å²) >= 11 is 3.36. The van der Waals surface area contributed by atoms with Crippen LogP contribution in [0.5, 0.6) is 0 Å². The second kappa shape index (κ2) is 4.73. The summed E-state index contributed by atoms with van der Waals surface area (Å²) in [5, 5.41) is 12.8. The van der Waals surface area contributed by atoms with Crippen molar-refractivity contribution in [3.8, 4) is 5.69 Å². The van der Waals surface area contributed by atoms with Gasteiger partial charge in [-0.25, -0.2) is 9.48 Å². The minimum Gasteiger partial charge on any atom is -0.476 e. The molecule has 0 atom stereocenters. The zero-order chi connectivity index (χ0) is 13.3. The number of aryl methyl sites for hydroxylation is 1. The standard InChI is InChI=1S/C12H9BrN2O3/c1-7-6-10(16)11(12(17)18)14-15(7)9-5-3-2-4-8(9)13/h2-6H,1H3,(H,17,18). The fourth-order valence-corrected chi connectivity index (χ4v) is 2.02. The van der Waals surface area contributed by atoms with Crippen molar-refractivity contribution in [1.29, 1.82) is 0 Å². The summed E-state index contributed by atoms with van der Waals surface area (Å²) in [4.78, 5) is 22.4. The summed E-state index contributed by atoms with van der Waals surface area (Å²) in [6.45, 7) is 1.69. The van der Waals surface area contributed by atoms with E-state index in [-0.39, 0.29) is 0 Å². The minimum absolute atomic E-state index is 0.489. The van der Waals surface area contributed by atoms with Gasteiger partial charge in [0.25, 0.3) is 0 Å². The molecule has 1 heterocycles. The molecular formula is C12H9BrN2O3. The van der Waals surface area contributed by atoms with Gasteiger partial charge in [0, 0.05) is 16.2 Å². The zero-order valence-corrected chi connectivity index (χ0v) is 11.0. The van der Waals surface area contributed by atoms with Crippen LogP contribution in [0.25, 0.3) is 5.69 Å². The van der Waals surface area contributed by atoms with Crippen LogP contribution in [-0.4, -0.2) is 20.9 Å². The number of carbonyl (C=O) groups is 1. The van der Waals surface area contributed by atoms with Crippen molar-refractivity contribution in [2.75, 3.05) is 0 Å². The number of nitrogens with zero attached hydrogens (tertiary/aromatic N) is 2. The maximum absolute atomic E-state index is 11.5. The first-order valence-electron chi connectivity index (χ1n) is 5.10. The van der Waals surface area contributed by atoms with E-state index in [1.807, 2.05) is 12.1 Å². The third-order valence-corrected chi connectivity index (χ3v) is 3.06. The smallest absolute Gasteiger partial charge is 0.360 e. The summed E-state index contributed by atoms with van der Waals surface area (Å²) in [6.07, 6.45) is 0. The normalized spacial score (nSPS) is 10.3. The van der Waals surface area contributed by atoms with Gasteiger partial charge in [0.15, 0.2) is 0 Å². The highest BCUT2D eigenvalue weighted by Gasteiger charge is 2.14. The van der Waals surface area contributed by atoms with Crippen LogP contribution < -0.4 is 5.43 Å². The summed E-state index contributed by atoms with van der Waals surface area (Å²) in [5.41, 5.74) is 0.161. The first kappa shape index (κ1) is 12.5. The van der Waals surface area contributed by atoms with Crippen LogP contribution in [0, 0.1) is 6.92 Å². The Bertz CT molecular complexity index is 679. The second-order valence-electron chi connectivity index (χ2n) is 3.67. The highest BCUT2D eigenvalue weighted by Crippen LogP contribution is 2.20. The molecule has 0 aliphatic rings. The van der Waals surface area contributed by atoms with E-state index < -0.39 is 17.1 Å². The van der Waals surface area contributed by atoms with Crippen molar-refractivity contribution in [1.82, 2.24) is 9.78 Å². The number of para-hydroxylation sites is 1.